The van der Waals surface area contributed by atoms with Crippen molar-refractivity contribution in [2.24, 2.45) is 0 Å². The predicted molar refractivity (Wildman–Crippen MR) is 55.6 cm³/mol. The van der Waals surface area contributed by atoms with Crippen LogP contribution < -0.4 is 5.32 Å². The van der Waals surface area contributed by atoms with Crippen molar-refractivity contribution in [3.63, 3.8) is 0 Å². The highest BCUT2D eigenvalue weighted by molar-refractivity contribution is 6.29. The standard InChI is InChI=1S/C8H9ClN6/c9-7-5-8(12-6-11-7)10-1-3-15-4-2-13-14-15/h2,4-6H,1,3H2,(H,10,11,12). The van der Waals surface area contributed by atoms with E-state index in [0.717, 1.165) is 6.54 Å². The van der Waals surface area contributed by atoms with Crippen molar-refractivity contribution in [3.8, 4) is 0 Å². The minimum absolute atomic E-state index is 0.424. The average Bonchev–Trinajstić information content (AvgIpc) is 2.71. The first-order chi connectivity index (χ1) is 7.34. The first kappa shape index (κ1) is 9.85. The lowest BCUT2D eigenvalue weighted by molar-refractivity contribution is 0.608. The Morgan fingerprint density at radius 2 is 2.33 bits per heavy atom. The Morgan fingerprint density at radius 1 is 1.40 bits per heavy atom. The summed E-state index contributed by atoms with van der Waals surface area (Å²) in [6.45, 7) is 1.43. The van der Waals surface area contributed by atoms with E-state index >= 15 is 0 Å². The van der Waals surface area contributed by atoms with Crippen LogP contribution in [0.2, 0.25) is 5.15 Å². The second-order valence-electron chi connectivity index (χ2n) is 2.82. The summed E-state index contributed by atoms with van der Waals surface area (Å²) in [6.07, 6.45) is 4.86. The summed E-state index contributed by atoms with van der Waals surface area (Å²) in [5.74, 6) is 0.704. The van der Waals surface area contributed by atoms with Gasteiger partial charge >= 0.3 is 0 Å². The van der Waals surface area contributed by atoms with Gasteiger partial charge in [0.1, 0.15) is 17.3 Å². The SMILES string of the molecule is Clc1cc(NCCn2ccnn2)ncn1. The molecule has 0 saturated heterocycles. The van der Waals surface area contributed by atoms with Crippen LogP contribution in [0.5, 0.6) is 0 Å². The summed E-state index contributed by atoms with van der Waals surface area (Å²) < 4.78 is 1.73. The maximum Gasteiger partial charge on any atom is 0.134 e. The molecule has 0 aliphatic rings. The van der Waals surface area contributed by atoms with Crippen LogP contribution in [0.25, 0.3) is 0 Å². The van der Waals surface area contributed by atoms with E-state index in [2.05, 4.69) is 25.6 Å². The molecule has 0 bridgehead atoms. The van der Waals surface area contributed by atoms with Crippen molar-refractivity contribution in [1.82, 2.24) is 25.0 Å². The van der Waals surface area contributed by atoms with Gasteiger partial charge in [-0.05, 0) is 0 Å². The molecule has 0 amide bonds. The van der Waals surface area contributed by atoms with Gasteiger partial charge in [0, 0.05) is 18.8 Å². The maximum absolute atomic E-state index is 5.70. The van der Waals surface area contributed by atoms with Crippen molar-refractivity contribution in [2.75, 3.05) is 11.9 Å². The molecule has 2 heterocycles. The highest BCUT2D eigenvalue weighted by atomic mass is 35.5. The van der Waals surface area contributed by atoms with Gasteiger partial charge in [0.05, 0.1) is 12.7 Å². The van der Waals surface area contributed by atoms with Crippen LogP contribution >= 0.6 is 11.6 Å². The third-order valence-corrected chi connectivity index (χ3v) is 1.96. The molecule has 0 radical (unpaired) electrons. The normalized spacial score (nSPS) is 10.2. The number of aromatic nitrogens is 5. The summed E-state index contributed by atoms with van der Waals surface area (Å²) >= 11 is 5.70. The molecule has 6 nitrogen and oxygen atoms in total. The number of hydrogen-bond donors (Lipinski definition) is 1. The Hall–Kier alpha value is -1.69. The van der Waals surface area contributed by atoms with Crippen molar-refractivity contribution in [1.29, 1.82) is 0 Å². The highest BCUT2D eigenvalue weighted by Gasteiger charge is 1.96. The zero-order chi connectivity index (χ0) is 10.5. The molecule has 0 atom stereocenters. The second-order valence-corrected chi connectivity index (χ2v) is 3.21. The van der Waals surface area contributed by atoms with E-state index in [-0.39, 0.29) is 0 Å². The summed E-state index contributed by atoms with van der Waals surface area (Å²) in [6, 6.07) is 1.67. The molecule has 1 N–H and O–H groups in total. The van der Waals surface area contributed by atoms with Gasteiger partial charge in [-0.1, -0.05) is 16.8 Å². The number of rotatable bonds is 4. The third-order valence-electron chi connectivity index (χ3n) is 1.75. The van der Waals surface area contributed by atoms with E-state index in [4.69, 9.17) is 11.6 Å². The van der Waals surface area contributed by atoms with E-state index in [9.17, 15) is 0 Å². The molecule has 7 heteroatoms. The third kappa shape index (κ3) is 2.88. The van der Waals surface area contributed by atoms with Gasteiger partial charge in [0.2, 0.25) is 0 Å². The van der Waals surface area contributed by atoms with Crippen LogP contribution in [0.1, 0.15) is 0 Å². The summed E-state index contributed by atoms with van der Waals surface area (Å²) in [7, 11) is 0. The first-order valence-electron chi connectivity index (χ1n) is 4.40. The van der Waals surface area contributed by atoms with Crippen molar-refractivity contribution in [2.45, 2.75) is 6.54 Å². The molecule has 2 rings (SSSR count). The lowest BCUT2D eigenvalue weighted by Gasteiger charge is -2.04. The van der Waals surface area contributed by atoms with Crippen LogP contribution in [0, 0.1) is 0 Å². The lowest BCUT2D eigenvalue weighted by Crippen LogP contribution is -2.11. The Balaban J connectivity index is 1.83. The fraction of sp³-hybridized carbons (Fsp3) is 0.250. The van der Waals surface area contributed by atoms with Gasteiger partial charge in [0.25, 0.3) is 0 Å². The topological polar surface area (TPSA) is 68.5 Å². The van der Waals surface area contributed by atoms with Gasteiger partial charge in [-0.15, -0.1) is 5.10 Å². The van der Waals surface area contributed by atoms with Crippen molar-refractivity contribution < 1.29 is 0 Å². The average molecular weight is 225 g/mol. The fourth-order valence-corrected chi connectivity index (χ4v) is 1.23. The van der Waals surface area contributed by atoms with E-state index in [1.165, 1.54) is 6.33 Å². The van der Waals surface area contributed by atoms with E-state index in [1.54, 1.807) is 23.1 Å². The van der Waals surface area contributed by atoms with Gasteiger partial charge in [-0.25, -0.2) is 9.97 Å². The minimum Gasteiger partial charge on any atom is -0.368 e. The van der Waals surface area contributed by atoms with Crippen molar-refractivity contribution >= 4 is 17.4 Å². The molecule has 0 spiro atoms. The summed E-state index contributed by atoms with van der Waals surface area (Å²) in [5.41, 5.74) is 0. The van der Waals surface area contributed by atoms with Crippen LogP contribution in [-0.4, -0.2) is 31.5 Å². The molecule has 78 valence electrons. The molecular formula is C8H9ClN6. The van der Waals surface area contributed by atoms with Crippen molar-refractivity contribution in [3.05, 3.63) is 29.9 Å². The summed E-state index contributed by atoms with van der Waals surface area (Å²) in [5, 5.41) is 11.1. The quantitative estimate of drug-likeness (QED) is 0.780. The molecule has 15 heavy (non-hydrogen) atoms. The van der Waals surface area contributed by atoms with Crippen LogP contribution in [0.4, 0.5) is 5.82 Å². The molecule has 0 saturated carbocycles. The number of hydrogen-bond acceptors (Lipinski definition) is 5. The Morgan fingerprint density at radius 3 is 3.07 bits per heavy atom. The van der Waals surface area contributed by atoms with E-state index in [0.29, 0.717) is 17.5 Å². The molecule has 0 aliphatic carbocycles. The monoisotopic (exact) mass is 224 g/mol. The number of anilines is 1. The van der Waals surface area contributed by atoms with Gasteiger partial charge in [0.15, 0.2) is 0 Å². The molecule has 2 aromatic heterocycles. The molecule has 0 aromatic carbocycles. The Labute approximate surface area is 91.3 Å². The van der Waals surface area contributed by atoms with E-state index < -0.39 is 0 Å². The largest absolute Gasteiger partial charge is 0.368 e. The first-order valence-corrected chi connectivity index (χ1v) is 4.78. The maximum atomic E-state index is 5.70. The Bertz CT molecular complexity index is 415. The minimum atomic E-state index is 0.424. The molecule has 2 aromatic rings. The molecule has 0 aliphatic heterocycles. The van der Waals surface area contributed by atoms with Gasteiger partial charge in [-0.2, -0.15) is 0 Å². The molecular weight excluding hydrogens is 216 g/mol. The van der Waals surface area contributed by atoms with Crippen LogP contribution in [0.15, 0.2) is 24.8 Å². The number of halogens is 1. The highest BCUT2D eigenvalue weighted by Crippen LogP contribution is 2.07. The lowest BCUT2D eigenvalue weighted by atomic mass is 10.5. The van der Waals surface area contributed by atoms with Crippen LogP contribution in [-0.2, 0) is 6.54 Å². The zero-order valence-corrected chi connectivity index (χ0v) is 8.59. The smallest absolute Gasteiger partial charge is 0.134 e. The van der Waals surface area contributed by atoms with Crippen LogP contribution in [0.3, 0.4) is 0 Å². The number of nitrogens with one attached hydrogen (secondary N) is 1. The molecule has 0 unspecified atom stereocenters. The predicted octanol–water partition coefficient (Wildman–Crippen LogP) is 0.834. The van der Waals surface area contributed by atoms with Gasteiger partial charge < -0.3 is 5.32 Å². The fourth-order valence-electron chi connectivity index (χ4n) is 1.08. The summed E-state index contributed by atoms with van der Waals surface area (Å²) in [4.78, 5) is 7.79. The van der Waals surface area contributed by atoms with Gasteiger partial charge in [-0.3, -0.25) is 4.68 Å². The Kier molecular flexibility index (Phi) is 3.08. The molecule has 0 fully saturated rings. The second kappa shape index (κ2) is 4.70. The van der Waals surface area contributed by atoms with E-state index in [1.807, 2.05) is 0 Å². The number of nitrogens with zero attached hydrogens (tertiary/aromatic N) is 5. The zero-order valence-electron chi connectivity index (χ0n) is 7.84.